The maximum absolute atomic E-state index is 5.62. The summed E-state index contributed by atoms with van der Waals surface area (Å²) in [6.45, 7) is 11.4. The lowest BCUT2D eigenvalue weighted by atomic mass is 9.87. The molecule has 0 aliphatic carbocycles. The Morgan fingerprint density at radius 1 is 1.36 bits per heavy atom. The summed E-state index contributed by atoms with van der Waals surface area (Å²) in [5, 5.41) is 0. The van der Waals surface area contributed by atoms with Crippen LogP contribution in [-0.2, 0) is 0 Å². The highest BCUT2D eigenvalue weighted by Crippen LogP contribution is 2.22. The highest BCUT2D eigenvalue weighted by atomic mass is 14.5. The van der Waals surface area contributed by atoms with E-state index < -0.39 is 0 Å². The van der Waals surface area contributed by atoms with Gasteiger partial charge < -0.3 is 5.73 Å². The third-order valence-corrected chi connectivity index (χ3v) is 2.55. The van der Waals surface area contributed by atoms with Crippen molar-refractivity contribution in [3.8, 4) is 0 Å². The van der Waals surface area contributed by atoms with Crippen molar-refractivity contribution in [2.75, 3.05) is 6.54 Å². The monoisotopic (exact) mass is 155 g/mol. The van der Waals surface area contributed by atoms with E-state index in [-0.39, 0.29) is 0 Å². The van der Waals surface area contributed by atoms with Gasteiger partial charge in [0.25, 0.3) is 0 Å². The van der Waals surface area contributed by atoms with Crippen molar-refractivity contribution >= 4 is 0 Å². The fourth-order valence-electron chi connectivity index (χ4n) is 1.24. The summed E-state index contributed by atoms with van der Waals surface area (Å²) in [6.07, 6.45) is 2.30. The predicted molar refractivity (Wildman–Crippen MR) is 51.4 cm³/mol. The molecule has 66 valence electrons. The minimum atomic E-state index is 0.532. The molecule has 0 saturated heterocycles. The summed E-state index contributed by atoms with van der Waals surface area (Å²) >= 11 is 0. The summed E-state index contributed by atoms with van der Waals surface area (Å²) < 4.78 is 0. The van der Waals surface area contributed by atoms with Gasteiger partial charge in [-0.15, -0.1) is 0 Å². The van der Waals surface area contributed by atoms with E-state index in [0.717, 1.165) is 13.0 Å². The lowest BCUT2D eigenvalue weighted by molar-refractivity contribution is 0.508. The van der Waals surface area contributed by atoms with Crippen LogP contribution in [0.4, 0.5) is 0 Å². The highest BCUT2D eigenvalue weighted by Gasteiger charge is 2.12. The molecule has 0 saturated carbocycles. The van der Waals surface area contributed by atoms with Crippen LogP contribution in [0.25, 0.3) is 0 Å². The molecule has 0 amide bonds. The lowest BCUT2D eigenvalue weighted by Crippen LogP contribution is -2.18. The van der Waals surface area contributed by atoms with E-state index in [9.17, 15) is 0 Å². The molecule has 0 radical (unpaired) electrons. The molecule has 1 nitrogen and oxygen atoms in total. The van der Waals surface area contributed by atoms with E-state index >= 15 is 0 Å². The lowest BCUT2D eigenvalue weighted by Gasteiger charge is -2.20. The Morgan fingerprint density at radius 3 is 2.18 bits per heavy atom. The first-order valence-electron chi connectivity index (χ1n) is 4.56. The minimum Gasteiger partial charge on any atom is -0.330 e. The second-order valence-electron chi connectivity index (χ2n) is 3.23. The van der Waals surface area contributed by atoms with Gasteiger partial charge in [-0.2, -0.15) is 0 Å². The molecule has 2 atom stereocenters. The van der Waals surface area contributed by atoms with Gasteiger partial charge in [-0.05, 0) is 31.2 Å². The van der Waals surface area contributed by atoms with Crippen LogP contribution in [0.1, 0.15) is 33.6 Å². The summed E-state index contributed by atoms with van der Waals surface area (Å²) in [6, 6.07) is 0. The van der Waals surface area contributed by atoms with Gasteiger partial charge in [-0.1, -0.05) is 32.9 Å². The number of nitrogens with two attached hydrogens (primary N) is 1. The highest BCUT2D eigenvalue weighted by molar-refractivity contribution is 5.04. The molecule has 0 bridgehead atoms. The van der Waals surface area contributed by atoms with Gasteiger partial charge in [0.2, 0.25) is 0 Å². The van der Waals surface area contributed by atoms with Gasteiger partial charge in [-0.3, -0.25) is 0 Å². The zero-order valence-corrected chi connectivity index (χ0v) is 8.06. The normalized spacial score (nSPS) is 16.0. The van der Waals surface area contributed by atoms with Crippen LogP contribution in [0.15, 0.2) is 12.2 Å². The molecule has 0 aliphatic rings. The van der Waals surface area contributed by atoms with Gasteiger partial charge in [0.1, 0.15) is 0 Å². The van der Waals surface area contributed by atoms with Crippen molar-refractivity contribution in [1.82, 2.24) is 0 Å². The van der Waals surface area contributed by atoms with E-state index in [2.05, 4.69) is 27.4 Å². The van der Waals surface area contributed by atoms with E-state index in [1.54, 1.807) is 0 Å². The Hall–Kier alpha value is -0.300. The van der Waals surface area contributed by atoms with Gasteiger partial charge >= 0.3 is 0 Å². The number of hydrogen-bond acceptors (Lipinski definition) is 1. The molecule has 0 spiro atoms. The molecule has 0 aromatic rings. The van der Waals surface area contributed by atoms with Crippen molar-refractivity contribution in [2.45, 2.75) is 33.6 Å². The van der Waals surface area contributed by atoms with Gasteiger partial charge in [0, 0.05) is 0 Å². The number of hydrogen-bond donors (Lipinski definition) is 1. The van der Waals surface area contributed by atoms with Gasteiger partial charge in [-0.25, -0.2) is 0 Å². The quantitative estimate of drug-likeness (QED) is 0.607. The molecule has 0 aromatic carbocycles. The van der Waals surface area contributed by atoms with Crippen LogP contribution in [-0.4, -0.2) is 6.54 Å². The standard InChI is InChI=1S/C10H21N/c1-5-8(3)9(4)10(6-2)7-11/h8,10H,4-7,11H2,1-3H3. The van der Waals surface area contributed by atoms with Gasteiger partial charge in [0.15, 0.2) is 0 Å². The Kier molecular flexibility index (Phi) is 5.22. The molecule has 11 heavy (non-hydrogen) atoms. The largest absolute Gasteiger partial charge is 0.330 e. The van der Waals surface area contributed by atoms with Gasteiger partial charge in [0.05, 0.1) is 0 Å². The average Bonchev–Trinajstić information content (AvgIpc) is 2.05. The smallest absolute Gasteiger partial charge is 0.00116 e. The molecule has 0 heterocycles. The first-order chi connectivity index (χ1) is 5.17. The first kappa shape index (κ1) is 10.7. The summed E-state index contributed by atoms with van der Waals surface area (Å²) in [4.78, 5) is 0. The van der Waals surface area contributed by atoms with Crippen LogP contribution in [0.2, 0.25) is 0 Å². The molecule has 1 heteroatoms. The third-order valence-electron chi connectivity index (χ3n) is 2.55. The molecular weight excluding hydrogens is 134 g/mol. The van der Waals surface area contributed by atoms with E-state index in [1.165, 1.54) is 12.0 Å². The SMILES string of the molecule is C=C(C(C)CC)C(CC)CN. The Bertz CT molecular complexity index is 114. The van der Waals surface area contributed by atoms with Crippen molar-refractivity contribution in [1.29, 1.82) is 0 Å². The van der Waals surface area contributed by atoms with Crippen molar-refractivity contribution < 1.29 is 0 Å². The summed E-state index contributed by atoms with van der Waals surface area (Å²) in [5.41, 5.74) is 6.95. The zero-order chi connectivity index (χ0) is 8.85. The maximum Gasteiger partial charge on any atom is -0.00116 e. The Balaban J connectivity index is 3.97. The third kappa shape index (κ3) is 3.06. The molecule has 0 fully saturated rings. The summed E-state index contributed by atoms with van der Waals surface area (Å²) in [5.74, 6) is 1.16. The Morgan fingerprint density at radius 2 is 1.91 bits per heavy atom. The van der Waals surface area contributed by atoms with Crippen LogP contribution in [0, 0.1) is 11.8 Å². The molecular formula is C10H21N. The first-order valence-corrected chi connectivity index (χ1v) is 4.56. The predicted octanol–water partition coefficient (Wildman–Crippen LogP) is 2.57. The zero-order valence-electron chi connectivity index (χ0n) is 8.06. The molecule has 0 aliphatic heterocycles. The van der Waals surface area contributed by atoms with Crippen LogP contribution in [0.5, 0.6) is 0 Å². The molecule has 2 N–H and O–H groups in total. The van der Waals surface area contributed by atoms with Crippen molar-refractivity contribution in [2.24, 2.45) is 17.6 Å². The number of rotatable bonds is 5. The molecule has 2 unspecified atom stereocenters. The average molecular weight is 155 g/mol. The minimum absolute atomic E-state index is 0.532. The molecule has 0 aromatic heterocycles. The second-order valence-corrected chi connectivity index (χ2v) is 3.23. The fourth-order valence-corrected chi connectivity index (χ4v) is 1.24. The van der Waals surface area contributed by atoms with E-state index in [4.69, 9.17) is 5.73 Å². The maximum atomic E-state index is 5.62. The summed E-state index contributed by atoms with van der Waals surface area (Å²) in [7, 11) is 0. The molecule has 0 rings (SSSR count). The van der Waals surface area contributed by atoms with Crippen LogP contribution >= 0.6 is 0 Å². The van der Waals surface area contributed by atoms with Crippen molar-refractivity contribution in [3.63, 3.8) is 0 Å². The Labute approximate surface area is 70.7 Å². The second kappa shape index (κ2) is 5.36. The topological polar surface area (TPSA) is 26.0 Å². The fraction of sp³-hybridized carbons (Fsp3) is 0.800. The van der Waals surface area contributed by atoms with Crippen LogP contribution in [0.3, 0.4) is 0 Å². The van der Waals surface area contributed by atoms with E-state index in [0.29, 0.717) is 11.8 Å². The van der Waals surface area contributed by atoms with E-state index in [1.807, 2.05) is 0 Å². The van der Waals surface area contributed by atoms with Crippen LogP contribution < -0.4 is 5.73 Å². The van der Waals surface area contributed by atoms with Crippen molar-refractivity contribution in [3.05, 3.63) is 12.2 Å².